The van der Waals surface area contributed by atoms with Crippen LogP contribution in [0.2, 0.25) is 0 Å². The second-order valence-corrected chi connectivity index (χ2v) is 11.3. The molecule has 2 aromatic carbocycles. The third-order valence-corrected chi connectivity index (χ3v) is 8.44. The number of hydrogen-bond donors (Lipinski definition) is 0. The lowest BCUT2D eigenvalue weighted by molar-refractivity contribution is -0.138. The van der Waals surface area contributed by atoms with Gasteiger partial charge in [0.1, 0.15) is 17.9 Å². The lowest BCUT2D eigenvalue weighted by Crippen LogP contribution is -2.49. The first-order valence-corrected chi connectivity index (χ1v) is 13.3. The average molecular weight is 554 g/mol. The van der Waals surface area contributed by atoms with Gasteiger partial charge in [0, 0.05) is 55.6 Å². The van der Waals surface area contributed by atoms with Gasteiger partial charge in [-0.1, -0.05) is 12.1 Å². The van der Waals surface area contributed by atoms with Crippen LogP contribution in [0.1, 0.15) is 44.9 Å². The Bertz CT molecular complexity index is 1480. The highest BCUT2D eigenvalue weighted by Gasteiger charge is 2.44. The molecule has 1 aromatic heterocycles. The number of rotatable bonds is 6. The summed E-state index contributed by atoms with van der Waals surface area (Å²) in [5.74, 6) is -0.0220. The summed E-state index contributed by atoms with van der Waals surface area (Å²) in [6.45, 7) is 1.89. The van der Waals surface area contributed by atoms with Gasteiger partial charge in [0.05, 0.1) is 25.3 Å². The Morgan fingerprint density at radius 2 is 1.93 bits per heavy atom. The zero-order valence-corrected chi connectivity index (χ0v) is 22.4. The number of ether oxygens (including phenoxy) is 1. The first-order valence-electron chi connectivity index (χ1n) is 13.3. The molecular weight excluding hydrogens is 523 g/mol. The minimum absolute atomic E-state index is 0.0282. The smallest absolute Gasteiger partial charge is 0.379 e. The van der Waals surface area contributed by atoms with Crippen molar-refractivity contribution < 1.29 is 27.5 Å². The summed E-state index contributed by atoms with van der Waals surface area (Å²) in [6, 6.07) is 10.1. The number of aromatic nitrogens is 3. The molecule has 4 heterocycles. The van der Waals surface area contributed by atoms with Gasteiger partial charge in [-0.15, -0.1) is 10.2 Å². The molecule has 8 nitrogen and oxygen atoms in total. The highest BCUT2D eigenvalue weighted by molar-refractivity contribution is 6.10. The van der Waals surface area contributed by atoms with E-state index in [0.29, 0.717) is 50.4 Å². The summed E-state index contributed by atoms with van der Waals surface area (Å²) in [5, 5.41) is 8.16. The molecule has 0 spiro atoms. The molecular formula is C29H30F3N5O3. The second-order valence-electron chi connectivity index (χ2n) is 11.3. The Labute approximate surface area is 229 Å². The second kappa shape index (κ2) is 9.81. The SMILES string of the molecule is CN1CCC(=O)C(Cc2cc3c(c(C(F)(F)F)c2)CN(c2cccc(C4(Cc5nncn5C)COC4)c2)C3=O)C1. The van der Waals surface area contributed by atoms with E-state index in [4.69, 9.17) is 4.74 Å². The summed E-state index contributed by atoms with van der Waals surface area (Å²) in [7, 11) is 3.76. The maximum atomic E-state index is 14.3. The molecule has 0 aliphatic carbocycles. The van der Waals surface area contributed by atoms with Crippen molar-refractivity contribution in [3.8, 4) is 0 Å². The number of Topliss-reactive ketones (excluding diaryl/α,β-unsaturated/α-hetero) is 1. The van der Waals surface area contributed by atoms with Crippen LogP contribution in [0, 0.1) is 5.92 Å². The monoisotopic (exact) mass is 553 g/mol. The number of benzene rings is 2. The third-order valence-electron chi connectivity index (χ3n) is 8.44. The number of nitrogens with zero attached hydrogens (tertiary/aromatic N) is 5. The van der Waals surface area contributed by atoms with E-state index >= 15 is 0 Å². The Morgan fingerprint density at radius 3 is 2.60 bits per heavy atom. The molecule has 0 saturated carbocycles. The van der Waals surface area contributed by atoms with E-state index in [1.54, 1.807) is 18.5 Å². The molecule has 2 fully saturated rings. The molecule has 0 N–H and O–H groups in total. The number of carbonyl (C=O) groups excluding carboxylic acids is 2. The summed E-state index contributed by atoms with van der Waals surface area (Å²) >= 11 is 0. The van der Waals surface area contributed by atoms with E-state index in [0.717, 1.165) is 17.5 Å². The summed E-state index contributed by atoms with van der Waals surface area (Å²) in [5.41, 5.74) is 0.664. The molecule has 6 rings (SSSR count). The van der Waals surface area contributed by atoms with Gasteiger partial charge in [0.25, 0.3) is 5.91 Å². The highest BCUT2D eigenvalue weighted by Crippen LogP contribution is 2.42. The van der Waals surface area contributed by atoms with E-state index in [1.807, 2.05) is 41.8 Å². The molecule has 3 aliphatic rings. The van der Waals surface area contributed by atoms with Gasteiger partial charge in [0.2, 0.25) is 0 Å². The summed E-state index contributed by atoms with van der Waals surface area (Å²) in [4.78, 5) is 29.5. The Hall–Kier alpha value is -3.57. The number of hydrogen-bond acceptors (Lipinski definition) is 6. The van der Waals surface area contributed by atoms with Crippen molar-refractivity contribution in [2.75, 3.05) is 38.3 Å². The zero-order chi connectivity index (χ0) is 28.2. The fraction of sp³-hybridized carbons (Fsp3) is 0.448. The molecule has 1 amide bonds. The average Bonchev–Trinajstić information content (AvgIpc) is 3.45. The number of aryl methyl sites for hydroxylation is 1. The summed E-state index contributed by atoms with van der Waals surface area (Å²) < 4.78 is 50.2. The normalized spacial score (nSPS) is 21.0. The van der Waals surface area contributed by atoms with Crippen LogP contribution < -0.4 is 4.90 Å². The van der Waals surface area contributed by atoms with Gasteiger partial charge in [-0.25, -0.2) is 0 Å². The quantitative estimate of drug-likeness (QED) is 0.465. The van der Waals surface area contributed by atoms with Crippen molar-refractivity contribution >= 4 is 17.4 Å². The molecule has 210 valence electrons. The minimum atomic E-state index is -4.63. The van der Waals surface area contributed by atoms with Crippen LogP contribution in [-0.2, 0) is 47.6 Å². The largest absolute Gasteiger partial charge is 0.416 e. The number of likely N-dealkylation sites (tertiary alicyclic amines) is 1. The molecule has 40 heavy (non-hydrogen) atoms. The number of piperidine rings is 1. The van der Waals surface area contributed by atoms with E-state index < -0.39 is 23.6 Å². The zero-order valence-electron chi connectivity index (χ0n) is 22.4. The van der Waals surface area contributed by atoms with E-state index in [-0.39, 0.29) is 35.3 Å². The van der Waals surface area contributed by atoms with Crippen LogP contribution in [0.3, 0.4) is 0 Å². The molecule has 1 atom stereocenters. The standard InChI is InChI=1S/C29H30F3N5O3/c1-35-7-6-25(38)19(13-35)8-18-9-22-23(24(10-18)29(30,31)32)14-37(27(22)39)21-5-3-4-20(11-21)28(15-40-16-28)12-26-34-33-17-36(26)2/h3-5,9-11,17,19H,6-8,12-16H2,1-2H3. The predicted octanol–water partition coefficient (Wildman–Crippen LogP) is 3.57. The van der Waals surface area contributed by atoms with Crippen LogP contribution in [0.15, 0.2) is 42.7 Å². The lowest BCUT2D eigenvalue weighted by Gasteiger charge is -2.42. The van der Waals surface area contributed by atoms with E-state index in [9.17, 15) is 22.8 Å². The van der Waals surface area contributed by atoms with Crippen molar-refractivity contribution in [1.29, 1.82) is 0 Å². The van der Waals surface area contributed by atoms with Gasteiger partial charge in [-0.3, -0.25) is 9.59 Å². The Morgan fingerprint density at radius 1 is 1.12 bits per heavy atom. The van der Waals surface area contributed by atoms with Gasteiger partial charge in [0.15, 0.2) is 0 Å². The molecule has 11 heteroatoms. The minimum Gasteiger partial charge on any atom is -0.379 e. The summed E-state index contributed by atoms with van der Waals surface area (Å²) in [6.07, 6.45) is -1.86. The maximum absolute atomic E-state index is 14.3. The maximum Gasteiger partial charge on any atom is 0.416 e. The van der Waals surface area contributed by atoms with Gasteiger partial charge >= 0.3 is 6.18 Å². The van der Waals surface area contributed by atoms with Crippen molar-refractivity contribution in [2.45, 2.75) is 37.4 Å². The van der Waals surface area contributed by atoms with Gasteiger partial charge in [-0.05, 0) is 54.4 Å². The topological polar surface area (TPSA) is 80.6 Å². The molecule has 1 unspecified atom stereocenters. The van der Waals surface area contributed by atoms with Crippen molar-refractivity contribution in [3.05, 3.63) is 76.4 Å². The highest BCUT2D eigenvalue weighted by atomic mass is 19.4. The third kappa shape index (κ3) is 4.71. The number of anilines is 1. The van der Waals surface area contributed by atoms with Crippen LogP contribution in [0.25, 0.3) is 0 Å². The fourth-order valence-electron chi connectivity index (χ4n) is 6.08. The first kappa shape index (κ1) is 26.6. The first-order chi connectivity index (χ1) is 19.0. The van der Waals surface area contributed by atoms with Crippen LogP contribution >= 0.6 is 0 Å². The number of fused-ring (bicyclic) bond motifs is 1. The number of amides is 1. The number of halogens is 3. The van der Waals surface area contributed by atoms with Crippen molar-refractivity contribution in [3.63, 3.8) is 0 Å². The van der Waals surface area contributed by atoms with Gasteiger partial charge < -0.3 is 19.1 Å². The van der Waals surface area contributed by atoms with Crippen molar-refractivity contribution in [1.82, 2.24) is 19.7 Å². The molecule has 3 aliphatic heterocycles. The predicted molar refractivity (Wildman–Crippen MR) is 140 cm³/mol. The fourth-order valence-corrected chi connectivity index (χ4v) is 6.08. The number of alkyl halides is 3. The molecule has 3 aromatic rings. The number of ketones is 1. The van der Waals surface area contributed by atoms with Gasteiger partial charge in [-0.2, -0.15) is 13.2 Å². The molecule has 0 bridgehead atoms. The van der Waals surface area contributed by atoms with E-state index in [2.05, 4.69) is 10.2 Å². The molecule has 0 radical (unpaired) electrons. The Balaban J connectivity index is 1.32. The van der Waals surface area contributed by atoms with Crippen LogP contribution in [0.5, 0.6) is 0 Å². The number of carbonyl (C=O) groups is 2. The van der Waals surface area contributed by atoms with Crippen molar-refractivity contribution in [2.24, 2.45) is 13.0 Å². The Kier molecular flexibility index (Phi) is 6.53. The van der Waals surface area contributed by atoms with E-state index in [1.165, 1.54) is 4.90 Å². The van der Waals surface area contributed by atoms with Crippen LogP contribution in [-0.4, -0.2) is 64.7 Å². The molecule has 2 saturated heterocycles. The van der Waals surface area contributed by atoms with Crippen LogP contribution in [0.4, 0.5) is 18.9 Å². The lowest BCUT2D eigenvalue weighted by atomic mass is 9.75.